The lowest BCUT2D eigenvalue weighted by Gasteiger charge is -2.62. The van der Waals surface area contributed by atoms with Gasteiger partial charge in [-0.1, -0.05) is 18.2 Å². The van der Waals surface area contributed by atoms with Crippen LogP contribution in [-0.4, -0.2) is 42.6 Å². The number of anilines is 2. The van der Waals surface area contributed by atoms with Crippen molar-refractivity contribution in [3.05, 3.63) is 65.3 Å². The van der Waals surface area contributed by atoms with E-state index >= 15 is 0 Å². The number of hydrogen-bond acceptors (Lipinski definition) is 4. The summed E-state index contributed by atoms with van der Waals surface area (Å²) in [6.45, 7) is 9.15. The Kier molecular flexibility index (Phi) is 3.44. The second kappa shape index (κ2) is 5.61. The van der Waals surface area contributed by atoms with Crippen LogP contribution >= 0.6 is 11.6 Å². The Balaban J connectivity index is 1.21. The van der Waals surface area contributed by atoms with Crippen molar-refractivity contribution in [3.8, 4) is 0 Å². The molecule has 5 rings (SSSR count). The van der Waals surface area contributed by atoms with E-state index in [4.69, 9.17) is 11.6 Å². The van der Waals surface area contributed by atoms with E-state index < -0.39 is 0 Å². The minimum atomic E-state index is -0.229. The number of aromatic nitrogens is 1. The molecular weight excluding hydrogens is 351 g/mol. The van der Waals surface area contributed by atoms with Gasteiger partial charge in [0.1, 0.15) is 17.5 Å². The van der Waals surface area contributed by atoms with Crippen LogP contribution in [0.25, 0.3) is 0 Å². The molecule has 3 aliphatic rings. The molecule has 2 fully saturated rings. The number of pyridine rings is 1. The monoisotopic (exact) mass is 370 g/mol. The Morgan fingerprint density at radius 2 is 1.96 bits per heavy atom. The third-order valence-electron chi connectivity index (χ3n) is 5.75. The van der Waals surface area contributed by atoms with Crippen LogP contribution in [0.3, 0.4) is 0 Å². The topological polar surface area (TPSA) is 22.6 Å². The number of fused-ring (bicyclic) bond motifs is 1. The molecule has 26 heavy (non-hydrogen) atoms. The van der Waals surface area contributed by atoms with Gasteiger partial charge < -0.3 is 14.7 Å². The van der Waals surface area contributed by atoms with Crippen molar-refractivity contribution >= 4 is 23.1 Å². The summed E-state index contributed by atoms with van der Waals surface area (Å²) < 4.78 is 13.4. The van der Waals surface area contributed by atoms with Crippen molar-refractivity contribution in [2.24, 2.45) is 5.41 Å². The molecule has 3 aliphatic heterocycles. The van der Waals surface area contributed by atoms with Gasteiger partial charge in [-0.15, -0.1) is 0 Å². The molecule has 0 N–H and O–H groups in total. The first-order valence-electron chi connectivity index (χ1n) is 8.89. The van der Waals surface area contributed by atoms with Crippen molar-refractivity contribution in [1.29, 1.82) is 0 Å². The van der Waals surface area contributed by atoms with Gasteiger partial charge >= 0.3 is 0 Å². The fraction of sp³-hybridized carbons (Fsp3) is 0.350. The molecule has 0 saturated carbocycles. The third-order valence-corrected chi connectivity index (χ3v) is 5.99. The second-order valence-electron chi connectivity index (χ2n) is 7.64. The maximum absolute atomic E-state index is 13.4. The quantitative estimate of drug-likeness (QED) is 0.824. The van der Waals surface area contributed by atoms with Crippen LogP contribution in [0.4, 0.5) is 15.9 Å². The summed E-state index contributed by atoms with van der Waals surface area (Å²) in [5.41, 5.74) is 2.81. The first-order valence-corrected chi connectivity index (χ1v) is 9.27. The van der Waals surface area contributed by atoms with Crippen molar-refractivity contribution in [3.63, 3.8) is 0 Å². The number of hydrogen-bond donors (Lipinski definition) is 0. The summed E-state index contributed by atoms with van der Waals surface area (Å²) in [4.78, 5) is 11.1. The van der Waals surface area contributed by atoms with Gasteiger partial charge in [0.2, 0.25) is 0 Å². The maximum atomic E-state index is 13.4. The second-order valence-corrected chi connectivity index (χ2v) is 8.07. The van der Waals surface area contributed by atoms with Crippen LogP contribution in [0.5, 0.6) is 0 Å². The molecule has 6 heteroatoms. The highest BCUT2D eigenvalue weighted by molar-refractivity contribution is 6.30. The van der Waals surface area contributed by atoms with E-state index in [2.05, 4.69) is 38.4 Å². The zero-order valence-corrected chi connectivity index (χ0v) is 15.2. The van der Waals surface area contributed by atoms with Crippen LogP contribution < -0.4 is 9.80 Å². The zero-order valence-electron chi connectivity index (χ0n) is 14.5. The Morgan fingerprint density at radius 1 is 1.15 bits per heavy atom. The lowest BCUT2D eigenvalue weighted by Crippen LogP contribution is -2.72. The molecule has 0 unspecified atom stereocenters. The molecule has 0 aliphatic carbocycles. The first-order chi connectivity index (χ1) is 12.5. The standard InChI is InChI=1S/C20H20ClFN4/c1-14(26-7-5-15-8-16(21)2-3-18(15)26)24-10-20(11-24)12-25(13-20)19-9-17(22)4-6-23-19/h2-4,6,8-9H,1,5,7,10-13H2. The summed E-state index contributed by atoms with van der Waals surface area (Å²) >= 11 is 6.10. The molecule has 1 aromatic carbocycles. The van der Waals surface area contributed by atoms with Crippen molar-refractivity contribution in [2.45, 2.75) is 6.42 Å². The molecule has 134 valence electrons. The molecule has 1 spiro atoms. The molecule has 0 amide bonds. The molecular formula is C20H20ClFN4. The molecule has 4 nitrogen and oxygen atoms in total. The zero-order chi connectivity index (χ0) is 17.9. The molecule has 2 aromatic rings. The lowest BCUT2D eigenvalue weighted by molar-refractivity contribution is 0.00171. The number of nitrogens with zero attached hydrogens (tertiary/aromatic N) is 4. The third kappa shape index (κ3) is 2.45. The van der Waals surface area contributed by atoms with E-state index in [9.17, 15) is 4.39 Å². The van der Waals surface area contributed by atoms with E-state index in [1.165, 1.54) is 29.6 Å². The van der Waals surface area contributed by atoms with Crippen molar-refractivity contribution < 1.29 is 4.39 Å². The molecule has 2 saturated heterocycles. The maximum Gasteiger partial charge on any atom is 0.131 e. The number of benzene rings is 1. The molecule has 4 heterocycles. The summed E-state index contributed by atoms with van der Waals surface area (Å²) in [5.74, 6) is 1.57. The van der Waals surface area contributed by atoms with E-state index in [1.54, 1.807) is 0 Å². The van der Waals surface area contributed by atoms with Crippen LogP contribution in [-0.2, 0) is 6.42 Å². The largest absolute Gasteiger partial charge is 0.357 e. The van der Waals surface area contributed by atoms with Gasteiger partial charge in [-0.25, -0.2) is 9.37 Å². The van der Waals surface area contributed by atoms with Gasteiger partial charge in [0.15, 0.2) is 0 Å². The Bertz CT molecular complexity index is 885. The number of halogens is 2. The van der Waals surface area contributed by atoms with Crippen LogP contribution in [0.15, 0.2) is 48.9 Å². The highest BCUT2D eigenvalue weighted by atomic mass is 35.5. The molecule has 0 atom stereocenters. The van der Waals surface area contributed by atoms with Crippen LogP contribution in [0, 0.1) is 11.2 Å². The highest BCUT2D eigenvalue weighted by Crippen LogP contribution is 2.44. The molecule has 0 radical (unpaired) electrons. The van der Waals surface area contributed by atoms with Gasteiger partial charge in [-0.05, 0) is 36.2 Å². The predicted octanol–water partition coefficient (Wildman–Crippen LogP) is 3.53. The smallest absolute Gasteiger partial charge is 0.131 e. The first kappa shape index (κ1) is 15.9. The fourth-order valence-corrected chi connectivity index (χ4v) is 4.64. The SMILES string of the molecule is C=C(N1CC2(C1)CN(c1cc(F)ccn1)C2)N1CCc2cc(Cl)ccc21. The van der Waals surface area contributed by atoms with E-state index in [1.807, 2.05) is 6.07 Å². The van der Waals surface area contributed by atoms with Gasteiger partial charge in [-0.3, -0.25) is 0 Å². The summed E-state index contributed by atoms with van der Waals surface area (Å²) in [6.07, 6.45) is 2.54. The van der Waals surface area contributed by atoms with Crippen molar-refractivity contribution in [2.75, 3.05) is 42.5 Å². The number of likely N-dealkylation sites (tertiary alicyclic amines) is 1. The highest BCUT2D eigenvalue weighted by Gasteiger charge is 2.53. The Morgan fingerprint density at radius 3 is 2.73 bits per heavy atom. The van der Waals surface area contributed by atoms with Gasteiger partial charge in [-0.2, -0.15) is 0 Å². The van der Waals surface area contributed by atoms with Gasteiger partial charge in [0, 0.05) is 61.1 Å². The van der Waals surface area contributed by atoms with Crippen LogP contribution in [0.2, 0.25) is 5.02 Å². The van der Waals surface area contributed by atoms with E-state index in [0.29, 0.717) is 5.41 Å². The molecule has 1 aromatic heterocycles. The average molecular weight is 371 g/mol. The van der Waals surface area contributed by atoms with Gasteiger partial charge in [0.05, 0.1) is 0 Å². The minimum absolute atomic E-state index is 0.229. The van der Waals surface area contributed by atoms with E-state index in [0.717, 1.165) is 55.8 Å². The summed E-state index contributed by atoms with van der Waals surface area (Å²) in [6, 6.07) is 8.98. The Hall–Kier alpha value is -2.27. The van der Waals surface area contributed by atoms with E-state index in [-0.39, 0.29) is 5.82 Å². The summed E-state index contributed by atoms with van der Waals surface area (Å²) in [5, 5.41) is 0.791. The van der Waals surface area contributed by atoms with Crippen LogP contribution in [0.1, 0.15) is 5.56 Å². The average Bonchev–Trinajstić information content (AvgIpc) is 2.95. The fourth-order valence-electron chi connectivity index (χ4n) is 4.45. The number of rotatable bonds is 3. The lowest BCUT2D eigenvalue weighted by atomic mass is 9.73. The minimum Gasteiger partial charge on any atom is -0.357 e. The summed E-state index contributed by atoms with van der Waals surface area (Å²) in [7, 11) is 0. The van der Waals surface area contributed by atoms with Crippen molar-refractivity contribution in [1.82, 2.24) is 9.88 Å². The van der Waals surface area contributed by atoms with Gasteiger partial charge in [0.25, 0.3) is 0 Å². The normalized spacial score (nSPS) is 20.0. The predicted molar refractivity (Wildman–Crippen MR) is 102 cm³/mol. The molecule has 0 bridgehead atoms. The Labute approximate surface area is 157 Å².